The Labute approximate surface area is 86.5 Å². The number of alkyl halides is 1. The molecule has 1 N–H and O–H groups in total. The van der Waals surface area contributed by atoms with E-state index in [9.17, 15) is 14.0 Å². The van der Waals surface area contributed by atoms with Crippen molar-refractivity contribution in [1.29, 1.82) is 0 Å². The van der Waals surface area contributed by atoms with Crippen LogP contribution in [-0.4, -0.2) is 22.5 Å². The number of aliphatic carboxylic acids is 1. The first-order valence-electron chi connectivity index (χ1n) is 4.44. The number of carboxylic acids is 1. The molecule has 1 aromatic carbocycles. The molecule has 0 radical (unpaired) electrons. The summed E-state index contributed by atoms with van der Waals surface area (Å²) < 4.78 is 13.8. The SMILES string of the molecule is CC(=O)[C@@](F)(Cc1ccccc1)C(=O)O. The van der Waals surface area contributed by atoms with Crippen LogP contribution < -0.4 is 0 Å². The number of hydrogen-bond donors (Lipinski definition) is 1. The highest BCUT2D eigenvalue weighted by molar-refractivity contribution is 6.05. The van der Waals surface area contributed by atoms with Gasteiger partial charge in [-0.2, -0.15) is 0 Å². The van der Waals surface area contributed by atoms with Crippen LogP contribution in [0.5, 0.6) is 0 Å². The second-order valence-electron chi connectivity index (χ2n) is 3.32. The highest BCUT2D eigenvalue weighted by Gasteiger charge is 2.43. The molecule has 4 heteroatoms. The van der Waals surface area contributed by atoms with E-state index in [1.807, 2.05) is 0 Å². The molecular formula is C11H11FO3. The first-order chi connectivity index (χ1) is 6.97. The van der Waals surface area contributed by atoms with Crippen molar-refractivity contribution in [2.24, 2.45) is 0 Å². The van der Waals surface area contributed by atoms with Gasteiger partial charge >= 0.3 is 5.97 Å². The van der Waals surface area contributed by atoms with E-state index in [1.165, 1.54) is 0 Å². The van der Waals surface area contributed by atoms with Gasteiger partial charge in [0, 0.05) is 6.42 Å². The van der Waals surface area contributed by atoms with Gasteiger partial charge in [0.15, 0.2) is 5.78 Å². The summed E-state index contributed by atoms with van der Waals surface area (Å²) in [5, 5.41) is 8.67. The molecule has 0 aromatic heterocycles. The maximum absolute atomic E-state index is 13.8. The summed E-state index contributed by atoms with van der Waals surface area (Å²) in [6, 6.07) is 8.23. The van der Waals surface area contributed by atoms with Gasteiger partial charge in [-0.05, 0) is 12.5 Å². The van der Waals surface area contributed by atoms with Crippen molar-refractivity contribution in [3.63, 3.8) is 0 Å². The average molecular weight is 210 g/mol. The number of rotatable bonds is 4. The van der Waals surface area contributed by atoms with Crippen LogP contribution in [0.25, 0.3) is 0 Å². The van der Waals surface area contributed by atoms with Crippen LogP contribution in [0.15, 0.2) is 30.3 Å². The molecule has 0 heterocycles. The van der Waals surface area contributed by atoms with Crippen molar-refractivity contribution < 1.29 is 19.1 Å². The monoisotopic (exact) mass is 210 g/mol. The molecule has 0 aliphatic carbocycles. The Hall–Kier alpha value is -1.71. The molecule has 1 rings (SSSR count). The van der Waals surface area contributed by atoms with E-state index in [0.29, 0.717) is 5.56 Å². The number of halogens is 1. The standard InChI is InChI=1S/C11H11FO3/c1-8(13)11(12,10(14)15)7-9-5-3-2-4-6-9/h2-6H,7H2,1H3,(H,14,15)/t11-/m0/s1. The predicted octanol–water partition coefficient (Wildman–Crippen LogP) is 1.61. The molecular weight excluding hydrogens is 199 g/mol. The number of Topliss-reactive ketones (excluding diaryl/α,β-unsaturated/α-hetero) is 1. The third-order valence-corrected chi connectivity index (χ3v) is 2.19. The van der Waals surface area contributed by atoms with Gasteiger partial charge in [-0.25, -0.2) is 9.18 Å². The molecule has 0 amide bonds. The Morgan fingerprint density at radius 2 is 1.87 bits per heavy atom. The van der Waals surface area contributed by atoms with Gasteiger partial charge in [0.05, 0.1) is 0 Å². The maximum Gasteiger partial charge on any atom is 0.349 e. The van der Waals surface area contributed by atoms with Crippen LogP contribution >= 0.6 is 0 Å². The molecule has 3 nitrogen and oxygen atoms in total. The first-order valence-corrected chi connectivity index (χ1v) is 4.44. The Bertz CT molecular complexity index is 359. The summed E-state index contributed by atoms with van der Waals surface area (Å²) in [5.41, 5.74) is -2.33. The minimum absolute atomic E-state index is 0.432. The van der Waals surface area contributed by atoms with Crippen molar-refractivity contribution in [3.8, 4) is 0 Å². The Morgan fingerprint density at radius 1 is 1.33 bits per heavy atom. The first kappa shape index (κ1) is 11.4. The molecule has 0 saturated carbocycles. The zero-order valence-corrected chi connectivity index (χ0v) is 8.24. The molecule has 0 fully saturated rings. The number of carbonyl (C=O) groups excluding carboxylic acids is 1. The highest BCUT2D eigenvalue weighted by atomic mass is 19.1. The molecule has 80 valence electrons. The Kier molecular flexibility index (Phi) is 3.19. The smallest absolute Gasteiger partial charge is 0.349 e. The normalized spacial score (nSPS) is 14.3. The fourth-order valence-corrected chi connectivity index (χ4v) is 1.23. The third-order valence-electron chi connectivity index (χ3n) is 2.19. The van der Waals surface area contributed by atoms with E-state index in [-0.39, 0.29) is 0 Å². The lowest BCUT2D eigenvalue weighted by Gasteiger charge is -2.16. The second-order valence-corrected chi connectivity index (χ2v) is 3.32. The van der Waals surface area contributed by atoms with Crippen molar-refractivity contribution >= 4 is 11.8 Å². The number of ketones is 1. The number of carboxylic acid groups (broad SMARTS) is 1. The van der Waals surface area contributed by atoms with E-state index >= 15 is 0 Å². The largest absolute Gasteiger partial charge is 0.479 e. The van der Waals surface area contributed by atoms with Gasteiger partial charge in [0.2, 0.25) is 0 Å². The van der Waals surface area contributed by atoms with Gasteiger partial charge in [0.25, 0.3) is 5.67 Å². The Balaban J connectivity index is 2.95. The third kappa shape index (κ3) is 2.40. The van der Waals surface area contributed by atoms with E-state index in [1.54, 1.807) is 30.3 Å². The van der Waals surface area contributed by atoms with Gasteiger partial charge in [0.1, 0.15) is 0 Å². The lowest BCUT2D eigenvalue weighted by Crippen LogP contribution is -2.43. The van der Waals surface area contributed by atoms with Crippen molar-refractivity contribution in [3.05, 3.63) is 35.9 Å². The number of hydrogen-bond acceptors (Lipinski definition) is 2. The van der Waals surface area contributed by atoms with Crippen LogP contribution in [0, 0.1) is 0 Å². The lowest BCUT2D eigenvalue weighted by atomic mass is 9.93. The van der Waals surface area contributed by atoms with Crippen LogP contribution in [0.2, 0.25) is 0 Å². The molecule has 0 aliphatic heterocycles. The summed E-state index contributed by atoms with van der Waals surface area (Å²) in [5.74, 6) is -2.72. The molecule has 0 unspecified atom stereocenters. The summed E-state index contributed by atoms with van der Waals surface area (Å²) in [7, 11) is 0. The quantitative estimate of drug-likeness (QED) is 0.768. The van der Waals surface area contributed by atoms with E-state index in [0.717, 1.165) is 6.92 Å². The lowest BCUT2D eigenvalue weighted by molar-refractivity contribution is -0.156. The van der Waals surface area contributed by atoms with Crippen LogP contribution in [0.1, 0.15) is 12.5 Å². The van der Waals surface area contributed by atoms with Crippen molar-refractivity contribution in [1.82, 2.24) is 0 Å². The van der Waals surface area contributed by atoms with Crippen molar-refractivity contribution in [2.75, 3.05) is 0 Å². The summed E-state index contributed by atoms with van der Waals surface area (Å²) in [6.45, 7) is 0.942. The predicted molar refractivity (Wildman–Crippen MR) is 52.3 cm³/mol. The minimum atomic E-state index is -2.82. The van der Waals surface area contributed by atoms with Gasteiger partial charge in [-0.3, -0.25) is 4.79 Å². The summed E-state index contributed by atoms with van der Waals surface area (Å²) in [4.78, 5) is 21.6. The fraction of sp³-hybridized carbons (Fsp3) is 0.273. The van der Waals surface area contributed by atoms with Gasteiger partial charge in [-0.15, -0.1) is 0 Å². The van der Waals surface area contributed by atoms with E-state index < -0.39 is 23.8 Å². The fourth-order valence-electron chi connectivity index (χ4n) is 1.23. The molecule has 0 bridgehead atoms. The molecule has 15 heavy (non-hydrogen) atoms. The molecule has 1 aromatic rings. The zero-order valence-electron chi connectivity index (χ0n) is 8.24. The van der Waals surface area contributed by atoms with Crippen LogP contribution in [0.4, 0.5) is 4.39 Å². The van der Waals surface area contributed by atoms with E-state index in [2.05, 4.69) is 0 Å². The van der Waals surface area contributed by atoms with Gasteiger partial charge in [-0.1, -0.05) is 30.3 Å². The zero-order chi connectivity index (χ0) is 11.5. The van der Waals surface area contributed by atoms with E-state index in [4.69, 9.17) is 5.11 Å². The van der Waals surface area contributed by atoms with Crippen LogP contribution in [-0.2, 0) is 16.0 Å². The maximum atomic E-state index is 13.8. The Morgan fingerprint density at radius 3 is 2.27 bits per heavy atom. The topological polar surface area (TPSA) is 54.4 Å². The molecule has 0 saturated heterocycles. The summed E-state index contributed by atoms with van der Waals surface area (Å²) in [6.07, 6.45) is -0.432. The van der Waals surface area contributed by atoms with Crippen molar-refractivity contribution in [2.45, 2.75) is 19.0 Å². The van der Waals surface area contributed by atoms with Gasteiger partial charge < -0.3 is 5.11 Å². The number of benzene rings is 1. The minimum Gasteiger partial charge on any atom is -0.479 e. The summed E-state index contributed by atoms with van der Waals surface area (Å²) >= 11 is 0. The molecule has 0 aliphatic rings. The second kappa shape index (κ2) is 4.21. The highest BCUT2D eigenvalue weighted by Crippen LogP contribution is 2.19. The molecule has 1 atom stereocenters. The molecule has 0 spiro atoms. The van der Waals surface area contributed by atoms with Crippen LogP contribution in [0.3, 0.4) is 0 Å². The average Bonchev–Trinajstić information content (AvgIpc) is 2.18. The number of carbonyl (C=O) groups is 2.